The van der Waals surface area contributed by atoms with Crippen molar-refractivity contribution in [3.63, 3.8) is 0 Å². The minimum atomic E-state index is -4.61. The predicted octanol–water partition coefficient (Wildman–Crippen LogP) is 9.11. The first-order chi connectivity index (χ1) is 29.0. The van der Waals surface area contributed by atoms with Crippen LogP contribution in [0.15, 0.2) is 72.9 Å². The number of esters is 2. The number of unbranched alkanes of at least 4 members (excludes halogenated alkanes) is 16. The van der Waals surface area contributed by atoms with Crippen LogP contribution in [-0.4, -0.2) is 96.0 Å². The fraction of sp³-hybridized carbons (Fsp3) is 0.702. The molecule has 344 valence electrons. The Morgan fingerprint density at radius 3 is 1.65 bits per heavy atom. The van der Waals surface area contributed by atoms with E-state index in [0.29, 0.717) is 19.3 Å². The number of hydrogen-bond donors (Lipinski definition) is 4. The average Bonchev–Trinajstić information content (AvgIpc) is 3.21. The fourth-order valence-corrected chi connectivity index (χ4v) is 7.10. The molecule has 0 aromatic heterocycles. The molecule has 1 aliphatic heterocycles. The van der Waals surface area contributed by atoms with E-state index in [0.717, 1.165) is 38.5 Å². The molecular weight excluding hydrogens is 789 g/mol. The normalized spacial score (nSPS) is 20.8. The van der Waals surface area contributed by atoms with Gasteiger partial charge < -0.3 is 34.3 Å². The number of carbonyl (C=O) groups excluding carboxylic acids is 2. The SMILES string of the molecule is CC/C=C/C=C/C=C/C=C/C=C/CCCC(=O)OC(COC(=O)CCCCCCCCC/C=C/CCCCCCCCCC)CO[C@H]1O[C@H](CS(=O)(=O)O)[C@@H](O)C(O)C1O. The van der Waals surface area contributed by atoms with Gasteiger partial charge in [-0.1, -0.05) is 164 Å². The van der Waals surface area contributed by atoms with Gasteiger partial charge in [0.2, 0.25) is 0 Å². The molecule has 1 fully saturated rings. The van der Waals surface area contributed by atoms with Crippen LogP contribution in [0.3, 0.4) is 0 Å². The van der Waals surface area contributed by atoms with Crippen LogP contribution in [0.25, 0.3) is 0 Å². The molecule has 0 aromatic rings. The molecule has 0 aliphatic carbocycles. The zero-order valence-electron chi connectivity index (χ0n) is 36.5. The first-order valence-corrected chi connectivity index (χ1v) is 24.2. The van der Waals surface area contributed by atoms with Gasteiger partial charge in [-0.3, -0.25) is 14.1 Å². The quantitative estimate of drug-likeness (QED) is 0.0154. The second-order valence-corrected chi connectivity index (χ2v) is 16.9. The summed E-state index contributed by atoms with van der Waals surface area (Å²) < 4.78 is 53.9. The summed E-state index contributed by atoms with van der Waals surface area (Å²) in [5.74, 6) is -2.09. The average molecular weight is 867 g/mol. The third-order valence-electron chi connectivity index (χ3n) is 9.90. The Balaban J connectivity index is 2.47. The van der Waals surface area contributed by atoms with Crippen LogP contribution < -0.4 is 0 Å². The Morgan fingerprint density at radius 2 is 1.08 bits per heavy atom. The van der Waals surface area contributed by atoms with Crippen LogP contribution in [-0.2, 0) is 38.7 Å². The molecule has 13 heteroatoms. The van der Waals surface area contributed by atoms with E-state index in [9.17, 15) is 37.9 Å². The Labute approximate surface area is 361 Å². The molecule has 1 aliphatic rings. The zero-order chi connectivity index (χ0) is 44.1. The summed E-state index contributed by atoms with van der Waals surface area (Å²) in [6.45, 7) is 3.54. The summed E-state index contributed by atoms with van der Waals surface area (Å²) in [6, 6.07) is 0. The minimum absolute atomic E-state index is 0.0639. The molecule has 6 atom stereocenters. The fourth-order valence-electron chi connectivity index (χ4n) is 6.41. The number of hydrogen-bond acceptors (Lipinski definition) is 11. The molecule has 60 heavy (non-hydrogen) atoms. The van der Waals surface area contributed by atoms with Crippen molar-refractivity contribution in [2.75, 3.05) is 19.0 Å². The highest BCUT2D eigenvalue weighted by Gasteiger charge is 2.46. The van der Waals surface area contributed by atoms with E-state index in [2.05, 4.69) is 32.1 Å². The van der Waals surface area contributed by atoms with Gasteiger partial charge in [-0.05, 0) is 51.4 Å². The van der Waals surface area contributed by atoms with E-state index in [1.54, 1.807) is 0 Å². The topological polar surface area (TPSA) is 186 Å². The van der Waals surface area contributed by atoms with Crippen molar-refractivity contribution in [2.24, 2.45) is 0 Å². The molecule has 0 saturated carbocycles. The van der Waals surface area contributed by atoms with Crippen molar-refractivity contribution in [1.29, 1.82) is 0 Å². The molecule has 0 aromatic carbocycles. The molecule has 1 saturated heterocycles. The van der Waals surface area contributed by atoms with Crippen LogP contribution in [0.4, 0.5) is 0 Å². The minimum Gasteiger partial charge on any atom is -0.462 e. The van der Waals surface area contributed by atoms with Gasteiger partial charge in [0.05, 0.1) is 6.61 Å². The van der Waals surface area contributed by atoms with Crippen LogP contribution >= 0.6 is 0 Å². The van der Waals surface area contributed by atoms with E-state index in [-0.39, 0.29) is 19.4 Å². The first-order valence-electron chi connectivity index (χ1n) is 22.6. The molecule has 0 amide bonds. The maximum absolute atomic E-state index is 12.8. The van der Waals surface area contributed by atoms with Crippen LogP contribution in [0.2, 0.25) is 0 Å². The lowest BCUT2D eigenvalue weighted by Gasteiger charge is -2.40. The van der Waals surface area contributed by atoms with Gasteiger partial charge >= 0.3 is 11.9 Å². The van der Waals surface area contributed by atoms with Crippen LogP contribution in [0, 0.1) is 0 Å². The van der Waals surface area contributed by atoms with E-state index in [1.807, 2.05) is 54.7 Å². The van der Waals surface area contributed by atoms with Crippen molar-refractivity contribution < 1.29 is 56.8 Å². The molecule has 1 rings (SSSR count). The predicted molar refractivity (Wildman–Crippen MR) is 238 cm³/mol. The number of carbonyl (C=O) groups is 2. The second kappa shape index (κ2) is 36.7. The standard InChI is InChI=1S/C47H78O12S/c1-3-5-7-9-11-13-15-17-18-19-20-21-22-24-25-27-29-31-33-35-42(48)56-37-40(38-57-47-46(52)45(51)44(50)41(59-47)39-60(53,54)55)58-43(49)36-34-32-30-28-26-23-16-14-12-10-8-6-4-2/h6,8,10,12,14,16,19-20,23,26,28,30,40-41,44-47,50-52H,3-5,7,9,11,13,15,17-18,21-22,24-25,27,29,31-39H2,1-2H3,(H,53,54,55)/b8-6+,12-10+,16-14+,20-19+,26-23+,30-28+/t40?,41-,44-,45?,46?,47+/m1/s1. The summed E-state index contributed by atoms with van der Waals surface area (Å²) in [4.78, 5) is 25.3. The first kappa shape index (κ1) is 55.1. The van der Waals surface area contributed by atoms with Gasteiger partial charge in [-0.15, -0.1) is 0 Å². The smallest absolute Gasteiger partial charge is 0.306 e. The third-order valence-corrected chi connectivity index (χ3v) is 10.6. The highest BCUT2D eigenvalue weighted by molar-refractivity contribution is 7.85. The lowest BCUT2D eigenvalue weighted by Crippen LogP contribution is -2.60. The van der Waals surface area contributed by atoms with Gasteiger partial charge in [-0.25, -0.2) is 0 Å². The lowest BCUT2D eigenvalue weighted by molar-refractivity contribution is -0.297. The van der Waals surface area contributed by atoms with Crippen molar-refractivity contribution >= 4 is 22.1 Å². The summed E-state index contributed by atoms with van der Waals surface area (Å²) in [7, 11) is -4.61. The van der Waals surface area contributed by atoms with Gasteiger partial charge in [0.1, 0.15) is 36.8 Å². The Bertz CT molecular complexity index is 1390. The summed E-state index contributed by atoms with van der Waals surface area (Å²) in [5.41, 5.74) is 0. The van der Waals surface area contributed by atoms with Crippen LogP contribution in [0.1, 0.15) is 155 Å². The van der Waals surface area contributed by atoms with Gasteiger partial charge in [0, 0.05) is 12.8 Å². The highest BCUT2D eigenvalue weighted by Crippen LogP contribution is 2.24. The van der Waals surface area contributed by atoms with E-state index < -0.39 is 71.2 Å². The number of allylic oxidation sites excluding steroid dienone is 12. The summed E-state index contributed by atoms with van der Waals surface area (Å²) in [6.07, 6.45) is 36.8. The second-order valence-electron chi connectivity index (χ2n) is 15.5. The Kier molecular flexibility index (Phi) is 33.7. The third kappa shape index (κ3) is 31.0. The number of rotatable bonds is 36. The highest BCUT2D eigenvalue weighted by atomic mass is 32.2. The largest absolute Gasteiger partial charge is 0.462 e. The molecule has 4 N–H and O–H groups in total. The van der Waals surface area contributed by atoms with Gasteiger partial charge in [0.15, 0.2) is 12.4 Å². The monoisotopic (exact) mass is 867 g/mol. The molecule has 12 nitrogen and oxygen atoms in total. The van der Waals surface area contributed by atoms with Gasteiger partial charge in [-0.2, -0.15) is 8.42 Å². The van der Waals surface area contributed by atoms with Gasteiger partial charge in [0.25, 0.3) is 10.1 Å². The Hall–Kier alpha value is -2.91. The zero-order valence-corrected chi connectivity index (χ0v) is 37.3. The molecular formula is C47H78O12S. The molecule has 0 bridgehead atoms. The number of aliphatic hydroxyl groups excluding tert-OH is 3. The molecule has 3 unspecified atom stereocenters. The van der Waals surface area contributed by atoms with Crippen molar-refractivity contribution in [1.82, 2.24) is 0 Å². The van der Waals surface area contributed by atoms with Crippen molar-refractivity contribution in [3.05, 3.63) is 72.9 Å². The molecule has 0 spiro atoms. The summed E-state index contributed by atoms with van der Waals surface area (Å²) >= 11 is 0. The van der Waals surface area contributed by atoms with Crippen LogP contribution in [0.5, 0.6) is 0 Å². The summed E-state index contributed by atoms with van der Waals surface area (Å²) in [5, 5.41) is 30.8. The van der Waals surface area contributed by atoms with E-state index >= 15 is 0 Å². The van der Waals surface area contributed by atoms with E-state index in [1.165, 1.54) is 70.6 Å². The van der Waals surface area contributed by atoms with E-state index in [4.69, 9.17) is 18.9 Å². The lowest BCUT2D eigenvalue weighted by atomic mass is 10.00. The van der Waals surface area contributed by atoms with Crippen molar-refractivity contribution in [3.8, 4) is 0 Å². The number of ether oxygens (including phenoxy) is 4. The number of aliphatic hydroxyl groups is 3. The molecule has 1 heterocycles. The Morgan fingerprint density at radius 1 is 0.583 bits per heavy atom. The van der Waals surface area contributed by atoms with Crippen molar-refractivity contribution in [2.45, 2.75) is 192 Å². The maximum atomic E-state index is 12.8. The maximum Gasteiger partial charge on any atom is 0.306 e. The molecule has 0 radical (unpaired) electrons.